The van der Waals surface area contributed by atoms with E-state index in [4.69, 9.17) is 18.9 Å². The van der Waals surface area contributed by atoms with Crippen LogP contribution >= 0.6 is 0 Å². The average Bonchev–Trinajstić information content (AvgIpc) is 3.50. The van der Waals surface area contributed by atoms with Gasteiger partial charge in [0.2, 0.25) is 12.7 Å². The zero-order valence-corrected chi connectivity index (χ0v) is 17.4. The molecule has 0 aromatic heterocycles. The topological polar surface area (TPSA) is 78.1 Å². The standard InChI is InChI=1S/C24H24N2O5/c1-28-17-5-6-18(20(12-17)29-2)15-3-8-22(25-13-15)26-23(27)24(9-10-24)16-4-7-19-21(11-16)31-14-30-19/h3-8,11-13,22,25H,9-10,14H2,1-2H3,(H,26,27). The first-order chi connectivity index (χ1) is 15.1. The third-order valence-electron chi connectivity index (χ3n) is 6.00. The first kappa shape index (κ1) is 19.4. The summed E-state index contributed by atoms with van der Waals surface area (Å²) in [6, 6.07) is 11.4. The van der Waals surface area contributed by atoms with Gasteiger partial charge in [0, 0.05) is 23.4 Å². The molecule has 160 valence electrons. The van der Waals surface area contributed by atoms with Crippen LogP contribution in [0.2, 0.25) is 0 Å². The van der Waals surface area contributed by atoms with Crippen LogP contribution in [-0.2, 0) is 10.2 Å². The highest BCUT2D eigenvalue weighted by Crippen LogP contribution is 2.50. The molecule has 1 aliphatic carbocycles. The van der Waals surface area contributed by atoms with Crippen molar-refractivity contribution in [2.75, 3.05) is 21.0 Å². The largest absolute Gasteiger partial charge is 0.497 e. The second-order valence-corrected chi connectivity index (χ2v) is 7.79. The van der Waals surface area contributed by atoms with Crippen LogP contribution < -0.4 is 29.6 Å². The highest BCUT2D eigenvalue weighted by Gasteiger charge is 2.52. The van der Waals surface area contributed by atoms with Gasteiger partial charge in [0.1, 0.15) is 17.7 Å². The van der Waals surface area contributed by atoms with Gasteiger partial charge in [0.05, 0.1) is 19.6 Å². The normalized spacial score (nSPS) is 19.8. The molecule has 1 atom stereocenters. The van der Waals surface area contributed by atoms with Gasteiger partial charge in [-0.3, -0.25) is 4.79 Å². The van der Waals surface area contributed by atoms with E-state index in [2.05, 4.69) is 10.6 Å². The van der Waals surface area contributed by atoms with Crippen molar-refractivity contribution in [1.29, 1.82) is 0 Å². The summed E-state index contributed by atoms with van der Waals surface area (Å²) in [7, 11) is 3.26. The van der Waals surface area contributed by atoms with Gasteiger partial charge in [-0.05, 0) is 48.7 Å². The van der Waals surface area contributed by atoms with Crippen LogP contribution in [0.25, 0.3) is 5.57 Å². The second-order valence-electron chi connectivity index (χ2n) is 7.79. The number of methoxy groups -OCH3 is 2. The summed E-state index contributed by atoms with van der Waals surface area (Å²) in [5.41, 5.74) is 2.37. The Morgan fingerprint density at radius 3 is 2.65 bits per heavy atom. The van der Waals surface area contributed by atoms with E-state index in [1.807, 2.05) is 54.8 Å². The Balaban J connectivity index is 1.27. The molecule has 3 aliphatic rings. The molecule has 5 rings (SSSR count). The van der Waals surface area contributed by atoms with Gasteiger partial charge >= 0.3 is 0 Å². The number of hydrogen-bond acceptors (Lipinski definition) is 6. The number of dihydropyridines is 1. The van der Waals surface area contributed by atoms with Crippen LogP contribution in [0.4, 0.5) is 0 Å². The first-order valence-corrected chi connectivity index (χ1v) is 10.2. The molecule has 1 unspecified atom stereocenters. The number of ether oxygens (including phenoxy) is 4. The highest BCUT2D eigenvalue weighted by atomic mass is 16.7. The van der Waals surface area contributed by atoms with Crippen LogP contribution in [0.5, 0.6) is 23.0 Å². The molecule has 31 heavy (non-hydrogen) atoms. The lowest BCUT2D eigenvalue weighted by molar-refractivity contribution is -0.124. The summed E-state index contributed by atoms with van der Waals surface area (Å²) in [5, 5.41) is 6.36. The van der Waals surface area contributed by atoms with E-state index < -0.39 is 5.41 Å². The number of benzene rings is 2. The SMILES string of the molecule is COc1ccc(C2=CNC(NC(=O)C3(c4ccc5c(c4)OCO5)CC3)C=C2)c(OC)c1. The zero-order valence-electron chi connectivity index (χ0n) is 17.4. The molecule has 0 spiro atoms. The van der Waals surface area contributed by atoms with Crippen molar-refractivity contribution in [3.8, 4) is 23.0 Å². The fourth-order valence-corrected chi connectivity index (χ4v) is 4.02. The number of nitrogens with one attached hydrogen (secondary N) is 2. The van der Waals surface area contributed by atoms with Crippen molar-refractivity contribution in [2.45, 2.75) is 24.4 Å². The van der Waals surface area contributed by atoms with Crippen LogP contribution in [-0.4, -0.2) is 33.1 Å². The predicted octanol–water partition coefficient (Wildman–Crippen LogP) is 3.11. The van der Waals surface area contributed by atoms with Crippen LogP contribution in [0.3, 0.4) is 0 Å². The minimum Gasteiger partial charge on any atom is -0.497 e. The maximum Gasteiger partial charge on any atom is 0.232 e. The number of allylic oxidation sites excluding steroid dienone is 2. The van der Waals surface area contributed by atoms with Gasteiger partial charge in [0.15, 0.2) is 11.5 Å². The molecule has 0 saturated heterocycles. The molecule has 2 N–H and O–H groups in total. The number of hydrogen-bond donors (Lipinski definition) is 2. The van der Waals surface area contributed by atoms with Crippen molar-refractivity contribution >= 4 is 11.5 Å². The number of carbonyl (C=O) groups excluding carboxylic acids is 1. The van der Waals surface area contributed by atoms with E-state index in [1.54, 1.807) is 14.2 Å². The van der Waals surface area contributed by atoms with Gasteiger partial charge < -0.3 is 29.6 Å². The molecule has 1 amide bonds. The van der Waals surface area contributed by atoms with E-state index >= 15 is 0 Å². The summed E-state index contributed by atoms with van der Waals surface area (Å²) >= 11 is 0. The van der Waals surface area contributed by atoms with Crippen LogP contribution in [0, 0.1) is 0 Å². The number of fused-ring (bicyclic) bond motifs is 1. The lowest BCUT2D eigenvalue weighted by atomic mass is 9.94. The second kappa shape index (κ2) is 7.58. The fraction of sp³-hybridized carbons (Fsp3) is 0.292. The molecule has 2 aliphatic heterocycles. The van der Waals surface area contributed by atoms with Gasteiger partial charge in [-0.2, -0.15) is 0 Å². The average molecular weight is 420 g/mol. The minimum atomic E-state index is -0.500. The summed E-state index contributed by atoms with van der Waals surface area (Å²) in [4.78, 5) is 13.1. The van der Waals surface area contributed by atoms with Crippen molar-refractivity contribution in [3.05, 3.63) is 65.9 Å². The molecule has 2 heterocycles. The third kappa shape index (κ3) is 3.46. The summed E-state index contributed by atoms with van der Waals surface area (Å²) < 4.78 is 21.6. The zero-order chi connectivity index (χ0) is 21.4. The number of carbonyl (C=O) groups is 1. The van der Waals surface area contributed by atoms with Gasteiger partial charge in [-0.1, -0.05) is 12.1 Å². The minimum absolute atomic E-state index is 0.00685. The molecular weight excluding hydrogens is 396 g/mol. The van der Waals surface area contributed by atoms with Crippen molar-refractivity contribution in [2.24, 2.45) is 0 Å². The smallest absolute Gasteiger partial charge is 0.232 e. The van der Waals surface area contributed by atoms with E-state index in [0.29, 0.717) is 5.75 Å². The van der Waals surface area contributed by atoms with Crippen molar-refractivity contribution in [3.63, 3.8) is 0 Å². The maximum atomic E-state index is 13.1. The Labute approximate surface area is 180 Å². The summed E-state index contributed by atoms with van der Waals surface area (Å²) in [6.07, 6.45) is 7.15. The van der Waals surface area contributed by atoms with E-state index in [0.717, 1.165) is 46.8 Å². The van der Waals surface area contributed by atoms with E-state index in [-0.39, 0.29) is 18.9 Å². The molecule has 0 bridgehead atoms. The van der Waals surface area contributed by atoms with Crippen LogP contribution in [0.15, 0.2) is 54.8 Å². The third-order valence-corrected chi connectivity index (χ3v) is 6.00. The summed E-state index contributed by atoms with van der Waals surface area (Å²) in [6.45, 7) is 0.225. The molecule has 7 heteroatoms. The Morgan fingerprint density at radius 1 is 1.10 bits per heavy atom. The molecule has 0 radical (unpaired) electrons. The number of rotatable bonds is 6. The van der Waals surface area contributed by atoms with Crippen molar-refractivity contribution in [1.82, 2.24) is 10.6 Å². The molecule has 7 nitrogen and oxygen atoms in total. The fourth-order valence-electron chi connectivity index (χ4n) is 4.02. The Kier molecular flexibility index (Phi) is 4.73. The summed E-state index contributed by atoms with van der Waals surface area (Å²) in [5.74, 6) is 2.89. The van der Waals surface area contributed by atoms with E-state index in [9.17, 15) is 4.79 Å². The predicted molar refractivity (Wildman–Crippen MR) is 115 cm³/mol. The molecule has 2 aromatic carbocycles. The molecular formula is C24H24N2O5. The number of amides is 1. The van der Waals surface area contributed by atoms with Gasteiger partial charge in [-0.15, -0.1) is 0 Å². The Morgan fingerprint density at radius 2 is 1.94 bits per heavy atom. The monoisotopic (exact) mass is 420 g/mol. The Bertz CT molecular complexity index is 1090. The lowest BCUT2D eigenvalue weighted by Crippen LogP contribution is -2.47. The van der Waals surface area contributed by atoms with Gasteiger partial charge in [0.25, 0.3) is 0 Å². The Hall–Kier alpha value is -3.61. The van der Waals surface area contributed by atoms with Crippen molar-refractivity contribution < 1.29 is 23.7 Å². The molecule has 2 aromatic rings. The van der Waals surface area contributed by atoms with Gasteiger partial charge in [-0.25, -0.2) is 0 Å². The molecule has 1 saturated carbocycles. The quantitative estimate of drug-likeness (QED) is 0.748. The first-order valence-electron chi connectivity index (χ1n) is 10.2. The lowest BCUT2D eigenvalue weighted by Gasteiger charge is -2.24. The van der Waals surface area contributed by atoms with Crippen LogP contribution in [0.1, 0.15) is 24.0 Å². The van der Waals surface area contributed by atoms with E-state index in [1.165, 1.54) is 0 Å². The maximum absolute atomic E-state index is 13.1. The molecule has 1 fully saturated rings. The highest BCUT2D eigenvalue weighted by molar-refractivity contribution is 5.92.